The Morgan fingerprint density at radius 3 is 2.85 bits per heavy atom. The SMILES string of the molecule is CC(=CCNc1ncnc2nc[nH]c12)CO[C@@H]1O[C@H](CO)C(O)[C@H](O)C1O. The number of nitrogens with one attached hydrogen (secondary N) is 2. The van der Waals surface area contributed by atoms with E-state index in [1.807, 2.05) is 13.0 Å². The van der Waals surface area contributed by atoms with Crippen molar-refractivity contribution in [1.82, 2.24) is 19.9 Å². The fraction of sp³-hybridized carbons (Fsp3) is 0.562. The molecule has 0 aliphatic carbocycles. The maximum absolute atomic E-state index is 9.94. The number of aliphatic hydroxyl groups is 4. The molecule has 5 atom stereocenters. The third-order valence-corrected chi connectivity index (χ3v) is 4.27. The summed E-state index contributed by atoms with van der Waals surface area (Å²) in [4.78, 5) is 15.2. The Hall–Kier alpha value is -2.15. The first-order valence-corrected chi connectivity index (χ1v) is 8.47. The van der Waals surface area contributed by atoms with E-state index in [0.717, 1.165) is 5.57 Å². The lowest BCUT2D eigenvalue weighted by Crippen LogP contribution is -2.59. The third kappa shape index (κ3) is 4.40. The molecule has 0 aromatic carbocycles. The molecule has 0 spiro atoms. The van der Waals surface area contributed by atoms with Gasteiger partial charge in [0.2, 0.25) is 0 Å². The Morgan fingerprint density at radius 2 is 2.07 bits per heavy atom. The van der Waals surface area contributed by atoms with Crippen LogP contribution in [0.25, 0.3) is 11.2 Å². The van der Waals surface area contributed by atoms with Crippen molar-refractivity contribution in [1.29, 1.82) is 0 Å². The molecule has 1 aliphatic heterocycles. The lowest BCUT2D eigenvalue weighted by atomic mass is 9.99. The van der Waals surface area contributed by atoms with Gasteiger partial charge in [0, 0.05) is 6.54 Å². The number of rotatable bonds is 7. The Morgan fingerprint density at radius 1 is 1.26 bits per heavy atom. The second-order valence-corrected chi connectivity index (χ2v) is 6.26. The van der Waals surface area contributed by atoms with Crippen LogP contribution in [-0.4, -0.2) is 90.8 Å². The van der Waals surface area contributed by atoms with Gasteiger partial charge < -0.3 is 40.2 Å². The van der Waals surface area contributed by atoms with Gasteiger partial charge in [-0.3, -0.25) is 0 Å². The maximum Gasteiger partial charge on any atom is 0.187 e. The molecular weight excluding hydrogens is 358 g/mol. The first kappa shape index (κ1) is 19.6. The van der Waals surface area contributed by atoms with Gasteiger partial charge in [0.1, 0.15) is 36.3 Å². The largest absolute Gasteiger partial charge is 0.394 e. The van der Waals surface area contributed by atoms with E-state index in [9.17, 15) is 20.4 Å². The summed E-state index contributed by atoms with van der Waals surface area (Å²) >= 11 is 0. The van der Waals surface area contributed by atoms with Gasteiger partial charge in [-0.25, -0.2) is 15.0 Å². The van der Waals surface area contributed by atoms with Crippen LogP contribution in [0, 0.1) is 0 Å². The number of nitrogens with zero attached hydrogens (tertiary/aromatic N) is 3. The first-order valence-electron chi connectivity index (χ1n) is 8.47. The summed E-state index contributed by atoms with van der Waals surface area (Å²) in [6.07, 6.45) is -1.58. The maximum atomic E-state index is 9.94. The highest BCUT2D eigenvalue weighted by Crippen LogP contribution is 2.22. The fourth-order valence-corrected chi connectivity index (χ4v) is 2.70. The van der Waals surface area contributed by atoms with Crippen LogP contribution >= 0.6 is 0 Å². The Labute approximate surface area is 154 Å². The van der Waals surface area contributed by atoms with Crippen LogP contribution in [0.4, 0.5) is 5.82 Å². The van der Waals surface area contributed by atoms with Gasteiger partial charge in [0.05, 0.1) is 19.5 Å². The average molecular weight is 381 g/mol. The smallest absolute Gasteiger partial charge is 0.187 e. The van der Waals surface area contributed by atoms with Crippen LogP contribution in [0.1, 0.15) is 6.92 Å². The topological polar surface area (TPSA) is 166 Å². The van der Waals surface area contributed by atoms with Gasteiger partial charge in [0.15, 0.2) is 17.8 Å². The van der Waals surface area contributed by atoms with Crippen molar-refractivity contribution in [2.45, 2.75) is 37.6 Å². The van der Waals surface area contributed by atoms with E-state index in [1.165, 1.54) is 6.33 Å². The van der Waals surface area contributed by atoms with Gasteiger partial charge in [-0.05, 0) is 12.5 Å². The second kappa shape index (κ2) is 8.69. The van der Waals surface area contributed by atoms with E-state index >= 15 is 0 Å². The molecule has 1 fully saturated rings. The van der Waals surface area contributed by atoms with Crippen LogP contribution in [0.2, 0.25) is 0 Å². The van der Waals surface area contributed by atoms with Crippen molar-refractivity contribution in [3.8, 4) is 0 Å². The van der Waals surface area contributed by atoms with E-state index in [4.69, 9.17) is 9.47 Å². The molecular formula is C16H23N5O6. The number of anilines is 1. The van der Waals surface area contributed by atoms with Gasteiger partial charge in [-0.15, -0.1) is 0 Å². The fourth-order valence-electron chi connectivity index (χ4n) is 2.70. The quantitative estimate of drug-likeness (QED) is 0.312. The Balaban J connectivity index is 1.51. The minimum Gasteiger partial charge on any atom is -0.394 e. The van der Waals surface area contributed by atoms with E-state index in [1.54, 1.807) is 6.33 Å². The molecule has 11 heteroatoms. The van der Waals surface area contributed by atoms with Crippen LogP contribution in [0.15, 0.2) is 24.3 Å². The molecule has 0 amide bonds. The number of aliphatic hydroxyl groups excluding tert-OH is 4. The van der Waals surface area contributed by atoms with Gasteiger partial charge in [-0.2, -0.15) is 0 Å². The highest BCUT2D eigenvalue weighted by molar-refractivity contribution is 5.81. The van der Waals surface area contributed by atoms with Gasteiger partial charge >= 0.3 is 0 Å². The standard InChI is InChI=1S/C16H23N5O6/c1-8(2-3-17-14-10-15(19-6-18-10)21-7-20-14)5-26-16-13(25)12(24)11(23)9(4-22)27-16/h2,6-7,9,11-13,16,22-25H,3-5H2,1H3,(H2,17,18,19,20,21)/t9-,11?,12+,13?,16-/m1/s1. The summed E-state index contributed by atoms with van der Waals surface area (Å²) < 4.78 is 10.8. The molecule has 148 valence electrons. The normalized spacial score (nSPS) is 29.2. The molecule has 1 aliphatic rings. The molecule has 0 bridgehead atoms. The van der Waals surface area contributed by atoms with Crippen LogP contribution in [0.3, 0.4) is 0 Å². The zero-order chi connectivity index (χ0) is 19.4. The number of H-pyrrole nitrogens is 1. The molecule has 0 radical (unpaired) electrons. The monoisotopic (exact) mass is 381 g/mol. The number of ether oxygens (including phenoxy) is 2. The predicted molar refractivity (Wildman–Crippen MR) is 93.6 cm³/mol. The molecule has 11 nitrogen and oxygen atoms in total. The Bertz CT molecular complexity index is 782. The zero-order valence-corrected chi connectivity index (χ0v) is 14.7. The number of aromatic nitrogens is 4. The number of imidazole rings is 1. The van der Waals surface area contributed by atoms with Crippen molar-refractivity contribution in [3.63, 3.8) is 0 Å². The highest BCUT2D eigenvalue weighted by atomic mass is 16.7. The van der Waals surface area contributed by atoms with Crippen molar-refractivity contribution < 1.29 is 29.9 Å². The molecule has 3 rings (SSSR count). The minimum absolute atomic E-state index is 0.133. The summed E-state index contributed by atoms with van der Waals surface area (Å²) in [7, 11) is 0. The first-order chi connectivity index (χ1) is 13.0. The number of aromatic amines is 1. The van der Waals surface area contributed by atoms with Crippen molar-refractivity contribution in [2.75, 3.05) is 25.1 Å². The van der Waals surface area contributed by atoms with Crippen LogP contribution in [-0.2, 0) is 9.47 Å². The molecule has 27 heavy (non-hydrogen) atoms. The lowest BCUT2D eigenvalue weighted by Gasteiger charge is -2.39. The molecule has 2 aromatic heterocycles. The van der Waals surface area contributed by atoms with E-state index in [-0.39, 0.29) is 6.61 Å². The summed E-state index contributed by atoms with van der Waals surface area (Å²) in [5.41, 5.74) is 2.12. The molecule has 6 N–H and O–H groups in total. The lowest BCUT2D eigenvalue weighted by molar-refractivity contribution is -0.299. The molecule has 2 unspecified atom stereocenters. The van der Waals surface area contributed by atoms with E-state index in [0.29, 0.717) is 23.5 Å². The second-order valence-electron chi connectivity index (χ2n) is 6.26. The van der Waals surface area contributed by atoms with Crippen molar-refractivity contribution in [3.05, 3.63) is 24.3 Å². The summed E-state index contributed by atoms with van der Waals surface area (Å²) in [6.45, 7) is 1.94. The van der Waals surface area contributed by atoms with Gasteiger partial charge in [0.25, 0.3) is 0 Å². The van der Waals surface area contributed by atoms with E-state index < -0.39 is 37.3 Å². The average Bonchev–Trinajstić information content (AvgIpc) is 3.15. The van der Waals surface area contributed by atoms with Crippen molar-refractivity contribution >= 4 is 17.0 Å². The van der Waals surface area contributed by atoms with Crippen LogP contribution < -0.4 is 5.32 Å². The number of hydrogen-bond acceptors (Lipinski definition) is 10. The highest BCUT2D eigenvalue weighted by Gasteiger charge is 2.43. The predicted octanol–water partition coefficient (Wildman–Crippen LogP) is -1.47. The molecule has 3 heterocycles. The summed E-state index contributed by atoms with van der Waals surface area (Å²) in [6, 6.07) is 0. The number of fused-ring (bicyclic) bond motifs is 1. The summed E-state index contributed by atoms with van der Waals surface area (Å²) in [5, 5.41) is 41.8. The van der Waals surface area contributed by atoms with Gasteiger partial charge in [-0.1, -0.05) is 6.08 Å². The number of hydrogen-bond donors (Lipinski definition) is 6. The van der Waals surface area contributed by atoms with Crippen molar-refractivity contribution in [2.24, 2.45) is 0 Å². The third-order valence-electron chi connectivity index (χ3n) is 4.27. The minimum atomic E-state index is -1.46. The molecule has 0 saturated carbocycles. The molecule has 2 aromatic rings. The summed E-state index contributed by atoms with van der Waals surface area (Å²) in [5.74, 6) is 0.622. The van der Waals surface area contributed by atoms with Crippen LogP contribution in [0.5, 0.6) is 0 Å². The Kier molecular flexibility index (Phi) is 6.31. The molecule has 1 saturated heterocycles. The zero-order valence-electron chi connectivity index (χ0n) is 14.7. The van der Waals surface area contributed by atoms with E-state index in [2.05, 4.69) is 25.3 Å².